The molecule has 0 unspecified atom stereocenters. The summed E-state index contributed by atoms with van der Waals surface area (Å²) in [7, 11) is 0. The van der Waals surface area contributed by atoms with Crippen LogP contribution in [0.1, 0.15) is 0 Å². The van der Waals surface area contributed by atoms with E-state index in [1.807, 2.05) is 0 Å². The fourth-order valence-corrected chi connectivity index (χ4v) is 1.77. The molecule has 21 heavy (non-hydrogen) atoms. The molecule has 4 nitrogen and oxygen atoms in total. The highest BCUT2D eigenvalue weighted by atomic mass is 19.4. The largest absolute Gasteiger partial charge is 0.573 e. The Labute approximate surface area is 118 Å². The molecular formula is C14H10F3NO3. The number of amides is 1. The molecule has 0 bridgehead atoms. The number of carboxylic acid groups (broad SMARTS) is 1. The van der Waals surface area contributed by atoms with Crippen molar-refractivity contribution in [2.75, 3.05) is 4.90 Å². The summed E-state index contributed by atoms with van der Waals surface area (Å²) >= 11 is 0. The van der Waals surface area contributed by atoms with E-state index in [-0.39, 0.29) is 5.69 Å². The van der Waals surface area contributed by atoms with Gasteiger partial charge in [-0.2, -0.15) is 0 Å². The molecule has 0 spiro atoms. The van der Waals surface area contributed by atoms with Gasteiger partial charge in [0, 0.05) is 6.07 Å². The highest BCUT2D eigenvalue weighted by Crippen LogP contribution is 2.30. The molecule has 110 valence electrons. The Bertz CT molecular complexity index is 629. The molecule has 7 heteroatoms. The summed E-state index contributed by atoms with van der Waals surface area (Å²) in [5.74, 6) is -0.484. The van der Waals surface area contributed by atoms with E-state index < -0.39 is 18.2 Å². The van der Waals surface area contributed by atoms with Crippen molar-refractivity contribution in [3.8, 4) is 5.75 Å². The molecule has 0 atom stereocenters. The Kier molecular flexibility index (Phi) is 4.02. The molecule has 0 radical (unpaired) electrons. The Balaban J connectivity index is 2.38. The molecule has 2 aromatic rings. The zero-order chi connectivity index (χ0) is 15.5. The third-order valence-electron chi connectivity index (χ3n) is 2.52. The first-order valence-corrected chi connectivity index (χ1v) is 5.81. The normalized spacial score (nSPS) is 11.0. The maximum atomic E-state index is 12.2. The monoisotopic (exact) mass is 297 g/mol. The summed E-state index contributed by atoms with van der Waals surface area (Å²) in [5.41, 5.74) is 0.365. The average molecular weight is 297 g/mol. The minimum absolute atomic E-state index is 0.0513. The number of para-hydroxylation sites is 1. The molecule has 0 heterocycles. The van der Waals surface area contributed by atoms with Crippen LogP contribution in [-0.4, -0.2) is 17.6 Å². The molecule has 0 aliphatic rings. The second kappa shape index (κ2) is 5.74. The molecule has 0 aliphatic heterocycles. The van der Waals surface area contributed by atoms with Gasteiger partial charge in [-0.25, -0.2) is 9.69 Å². The Morgan fingerprint density at radius 1 is 1.00 bits per heavy atom. The fraction of sp³-hybridized carbons (Fsp3) is 0.0714. The first kappa shape index (κ1) is 14.7. The molecule has 0 aromatic heterocycles. The van der Waals surface area contributed by atoms with Gasteiger partial charge in [0.25, 0.3) is 0 Å². The van der Waals surface area contributed by atoms with Crippen LogP contribution in [-0.2, 0) is 0 Å². The van der Waals surface area contributed by atoms with Gasteiger partial charge in [-0.05, 0) is 24.3 Å². The van der Waals surface area contributed by atoms with Crippen LogP contribution in [0.5, 0.6) is 5.75 Å². The molecule has 0 saturated carbocycles. The predicted octanol–water partition coefficient (Wildman–Crippen LogP) is 4.40. The van der Waals surface area contributed by atoms with E-state index >= 15 is 0 Å². The van der Waals surface area contributed by atoms with Crippen molar-refractivity contribution in [2.45, 2.75) is 6.36 Å². The zero-order valence-electron chi connectivity index (χ0n) is 10.5. The Morgan fingerprint density at radius 3 is 2.19 bits per heavy atom. The maximum absolute atomic E-state index is 12.2. The predicted molar refractivity (Wildman–Crippen MR) is 69.7 cm³/mol. The lowest BCUT2D eigenvalue weighted by molar-refractivity contribution is -0.274. The van der Waals surface area contributed by atoms with Gasteiger partial charge in [-0.1, -0.05) is 24.3 Å². The number of anilines is 2. The number of ether oxygens (including phenoxy) is 1. The van der Waals surface area contributed by atoms with E-state index in [1.165, 1.54) is 24.3 Å². The van der Waals surface area contributed by atoms with Crippen LogP contribution in [0.2, 0.25) is 0 Å². The van der Waals surface area contributed by atoms with E-state index in [2.05, 4.69) is 4.74 Å². The number of carbonyl (C=O) groups is 1. The molecular weight excluding hydrogens is 287 g/mol. The molecule has 1 N–H and O–H groups in total. The number of benzene rings is 2. The van der Waals surface area contributed by atoms with Crippen molar-refractivity contribution in [2.24, 2.45) is 0 Å². The Hall–Kier alpha value is -2.70. The summed E-state index contributed by atoms with van der Waals surface area (Å²) in [4.78, 5) is 12.2. The number of alkyl halides is 3. The summed E-state index contributed by atoms with van der Waals surface area (Å²) in [5, 5.41) is 9.27. The SMILES string of the molecule is O=C(O)N(c1ccccc1)c1cccc(OC(F)(F)F)c1. The van der Waals surface area contributed by atoms with Crippen LogP contribution >= 0.6 is 0 Å². The van der Waals surface area contributed by atoms with Gasteiger partial charge in [0.15, 0.2) is 0 Å². The Morgan fingerprint density at radius 2 is 1.62 bits per heavy atom. The highest BCUT2D eigenvalue weighted by molar-refractivity contribution is 5.94. The van der Waals surface area contributed by atoms with Crippen molar-refractivity contribution in [3.05, 3.63) is 54.6 Å². The van der Waals surface area contributed by atoms with Crippen molar-refractivity contribution >= 4 is 17.5 Å². The fourth-order valence-electron chi connectivity index (χ4n) is 1.77. The van der Waals surface area contributed by atoms with Gasteiger partial charge in [0.2, 0.25) is 0 Å². The number of hydrogen-bond acceptors (Lipinski definition) is 2. The molecule has 0 aliphatic carbocycles. The lowest BCUT2D eigenvalue weighted by Gasteiger charge is -2.20. The van der Waals surface area contributed by atoms with E-state index in [9.17, 15) is 23.1 Å². The van der Waals surface area contributed by atoms with Gasteiger partial charge in [0.1, 0.15) is 5.75 Å². The molecule has 2 aromatic carbocycles. The third-order valence-corrected chi connectivity index (χ3v) is 2.52. The number of rotatable bonds is 3. The topological polar surface area (TPSA) is 49.8 Å². The van der Waals surface area contributed by atoms with Crippen LogP contribution < -0.4 is 9.64 Å². The first-order chi connectivity index (χ1) is 9.87. The van der Waals surface area contributed by atoms with E-state index in [4.69, 9.17) is 0 Å². The summed E-state index contributed by atoms with van der Waals surface area (Å²) in [6, 6.07) is 12.8. The van der Waals surface area contributed by atoms with E-state index in [0.29, 0.717) is 5.69 Å². The van der Waals surface area contributed by atoms with Crippen LogP contribution in [0.25, 0.3) is 0 Å². The van der Waals surface area contributed by atoms with Gasteiger partial charge >= 0.3 is 12.5 Å². The van der Waals surface area contributed by atoms with Gasteiger partial charge in [-0.3, -0.25) is 0 Å². The van der Waals surface area contributed by atoms with E-state index in [0.717, 1.165) is 17.0 Å². The summed E-state index contributed by atoms with van der Waals surface area (Å²) < 4.78 is 40.4. The van der Waals surface area contributed by atoms with Gasteiger partial charge in [0.05, 0.1) is 11.4 Å². The molecule has 0 saturated heterocycles. The summed E-state index contributed by atoms with van der Waals surface area (Å²) in [6.45, 7) is 0. The second-order valence-corrected chi connectivity index (χ2v) is 4.00. The smallest absolute Gasteiger partial charge is 0.464 e. The lowest BCUT2D eigenvalue weighted by atomic mass is 10.2. The van der Waals surface area contributed by atoms with Gasteiger partial charge < -0.3 is 9.84 Å². The van der Waals surface area contributed by atoms with E-state index in [1.54, 1.807) is 18.2 Å². The minimum atomic E-state index is -4.83. The molecule has 1 amide bonds. The lowest BCUT2D eigenvalue weighted by Crippen LogP contribution is -2.24. The molecule has 0 fully saturated rings. The van der Waals surface area contributed by atoms with Crippen LogP contribution in [0, 0.1) is 0 Å². The standard InChI is InChI=1S/C14H10F3NO3/c15-14(16,17)21-12-8-4-7-11(9-12)18(13(19)20)10-5-2-1-3-6-10/h1-9H,(H,19,20). The second-order valence-electron chi connectivity index (χ2n) is 4.00. The highest BCUT2D eigenvalue weighted by Gasteiger charge is 2.31. The van der Waals surface area contributed by atoms with Crippen molar-refractivity contribution in [1.29, 1.82) is 0 Å². The quantitative estimate of drug-likeness (QED) is 0.913. The van der Waals surface area contributed by atoms with Crippen molar-refractivity contribution in [3.63, 3.8) is 0 Å². The van der Waals surface area contributed by atoms with Crippen LogP contribution in [0.15, 0.2) is 54.6 Å². The first-order valence-electron chi connectivity index (χ1n) is 5.81. The minimum Gasteiger partial charge on any atom is -0.464 e. The number of halogens is 3. The van der Waals surface area contributed by atoms with Crippen LogP contribution in [0.4, 0.5) is 29.3 Å². The molecule has 2 rings (SSSR count). The van der Waals surface area contributed by atoms with Crippen molar-refractivity contribution < 1.29 is 27.8 Å². The number of nitrogens with zero attached hydrogens (tertiary/aromatic N) is 1. The van der Waals surface area contributed by atoms with Gasteiger partial charge in [-0.15, -0.1) is 13.2 Å². The van der Waals surface area contributed by atoms with Crippen LogP contribution in [0.3, 0.4) is 0 Å². The van der Waals surface area contributed by atoms with Crippen molar-refractivity contribution in [1.82, 2.24) is 0 Å². The average Bonchev–Trinajstić information content (AvgIpc) is 2.38. The third kappa shape index (κ3) is 3.88. The maximum Gasteiger partial charge on any atom is 0.573 e. The number of hydrogen-bond donors (Lipinski definition) is 1. The summed E-state index contributed by atoms with van der Waals surface area (Å²) in [6.07, 6.45) is -6.15. The zero-order valence-corrected chi connectivity index (χ0v) is 10.5.